The van der Waals surface area contributed by atoms with Crippen LogP contribution >= 0.6 is 56.7 Å². The average molecular weight is 517 g/mol. The Labute approximate surface area is 214 Å². The quantitative estimate of drug-likeness (QED) is 0.192. The first-order chi connectivity index (χ1) is 16.3. The maximum absolute atomic E-state index is 2.21. The van der Waals surface area contributed by atoms with Crippen molar-refractivity contribution in [2.24, 2.45) is 0 Å². The molecule has 5 aromatic heterocycles. The highest BCUT2D eigenvalue weighted by molar-refractivity contribution is 7.15. The predicted octanol–water partition coefficient (Wildman–Crippen LogP) is 10.7. The largest absolute Gasteiger partial charge is 0.144 e. The minimum Gasteiger partial charge on any atom is -0.144 e. The molecule has 0 atom stereocenters. The van der Waals surface area contributed by atoms with Crippen LogP contribution in [-0.2, 0) is 0 Å². The first-order valence-electron chi connectivity index (χ1n) is 10.4. The molecule has 5 heterocycles. The van der Waals surface area contributed by atoms with Gasteiger partial charge >= 0.3 is 0 Å². The average Bonchev–Trinajstić information content (AvgIpc) is 3.66. The lowest BCUT2D eigenvalue weighted by atomic mass is 10.3. The number of hydrogen-bond acceptors (Lipinski definition) is 5. The molecule has 0 bridgehead atoms. The topological polar surface area (TPSA) is 0 Å². The van der Waals surface area contributed by atoms with Gasteiger partial charge in [-0.25, -0.2) is 0 Å². The van der Waals surface area contributed by atoms with Gasteiger partial charge in [0.05, 0.1) is 0 Å². The van der Waals surface area contributed by atoms with Gasteiger partial charge in [0, 0.05) is 39.0 Å². The van der Waals surface area contributed by atoms with Crippen LogP contribution in [0.1, 0.15) is 39.0 Å². The van der Waals surface area contributed by atoms with E-state index in [4.69, 9.17) is 0 Å². The van der Waals surface area contributed by atoms with Gasteiger partial charge < -0.3 is 0 Å². The van der Waals surface area contributed by atoms with Crippen molar-refractivity contribution in [3.63, 3.8) is 0 Å². The first kappa shape index (κ1) is 22.3. The number of rotatable bonds is 8. The molecule has 0 fully saturated rings. The van der Waals surface area contributed by atoms with E-state index < -0.39 is 0 Å². The summed E-state index contributed by atoms with van der Waals surface area (Å²) in [6, 6.07) is 21.6. The minimum atomic E-state index is 1.27. The van der Waals surface area contributed by atoms with Crippen LogP contribution in [0.25, 0.3) is 48.6 Å². The Morgan fingerprint density at radius 3 is 0.848 bits per heavy atom. The van der Waals surface area contributed by atoms with Crippen LogP contribution in [0.2, 0.25) is 0 Å². The number of thiophene rings is 5. The lowest BCUT2D eigenvalue weighted by Gasteiger charge is -1.87. The smallest absolute Gasteiger partial charge is 0.0277 e. The summed E-state index contributed by atoms with van der Waals surface area (Å²) in [4.78, 5) is 10.2. The second-order valence-electron chi connectivity index (χ2n) is 7.08. The summed E-state index contributed by atoms with van der Waals surface area (Å²) in [7, 11) is 0. The van der Waals surface area contributed by atoms with E-state index in [0.717, 1.165) is 0 Å². The van der Waals surface area contributed by atoms with E-state index in [9.17, 15) is 0 Å². The zero-order chi connectivity index (χ0) is 22.3. The normalized spacial score (nSPS) is 12.4. The molecule has 0 spiro atoms. The third-order valence-corrected chi connectivity index (χ3v) is 9.40. The van der Waals surface area contributed by atoms with E-state index >= 15 is 0 Å². The molecule has 0 N–H and O–H groups in total. The van der Waals surface area contributed by atoms with E-state index in [-0.39, 0.29) is 0 Å². The Balaban J connectivity index is 1.18. The van der Waals surface area contributed by atoms with Crippen molar-refractivity contribution in [2.45, 2.75) is 0 Å². The van der Waals surface area contributed by atoms with Crippen molar-refractivity contribution >= 4 is 105 Å². The fourth-order valence-electron chi connectivity index (χ4n) is 3.07. The summed E-state index contributed by atoms with van der Waals surface area (Å²) in [5, 5.41) is 4.21. The van der Waals surface area contributed by atoms with Crippen LogP contribution in [0.5, 0.6) is 0 Å². The molecule has 0 aliphatic heterocycles. The highest BCUT2D eigenvalue weighted by atomic mass is 32.1. The molecule has 5 rings (SSSR count). The highest BCUT2D eigenvalue weighted by Gasteiger charge is 1.99. The summed E-state index contributed by atoms with van der Waals surface area (Å²) in [6.45, 7) is 0. The van der Waals surface area contributed by atoms with Gasteiger partial charge in [-0.3, -0.25) is 0 Å². The summed E-state index contributed by atoms with van der Waals surface area (Å²) in [6.07, 6.45) is 17.6. The molecule has 162 valence electrons. The fourth-order valence-corrected chi connectivity index (χ4v) is 6.76. The zero-order valence-corrected chi connectivity index (χ0v) is 21.7. The molecule has 0 unspecified atom stereocenters. The van der Waals surface area contributed by atoms with Crippen LogP contribution < -0.4 is 0 Å². The molecular weight excluding hydrogens is 497 g/mol. The van der Waals surface area contributed by atoms with Gasteiger partial charge in [-0.2, -0.15) is 0 Å². The standard InChI is InChI=1S/C28H20S5/c1-3-21(29-19-1)5-7-23-9-11-25(31-23)13-15-27-17-18-28(33-27)16-14-26-12-10-24(32-26)8-6-22-4-2-20-30-22/h1-20H/b7-5+,8-6+,15-13+,16-14+. The molecule has 5 aromatic rings. The van der Waals surface area contributed by atoms with Gasteiger partial charge in [0.25, 0.3) is 0 Å². The molecule has 0 aliphatic rings. The molecule has 0 radical (unpaired) electrons. The second kappa shape index (κ2) is 11.1. The maximum Gasteiger partial charge on any atom is 0.0277 e. The third-order valence-electron chi connectivity index (χ3n) is 4.68. The zero-order valence-electron chi connectivity index (χ0n) is 17.6. The highest BCUT2D eigenvalue weighted by Crippen LogP contribution is 2.26. The molecule has 0 saturated heterocycles. The molecule has 0 aromatic carbocycles. The van der Waals surface area contributed by atoms with E-state index in [1.165, 1.54) is 39.0 Å². The molecule has 33 heavy (non-hydrogen) atoms. The number of hydrogen-bond donors (Lipinski definition) is 0. The molecular formula is C28H20S5. The van der Waals surface area contributed by atoms with Crippen LogP contribution in [-0.4, -0.2) is 0 Å². The van der Waals surface area contributed by atoms with Gasteiger partial charge in [-0.1, -0.05) is 12.1 Å². The van der Waals surface area contributed by atoms with Crippen LogP contribution in [0.15, 0.2) is 71.4 Å². The van der Waals surface area contributed by atoms with Crippen molar-refractivity contribution < 1.29 is 0 Å². The Morgan fingerprint density at radius 2 is 0.606 bits per heavy atom. The Morgan fingerprint density at radius 1 is 0.333 bits per heavy atom. The van der Waals surface area contributed by atoms with E-state index in [0.29, 0.717) is 0 Å². The summed E-state index contributed by atoms with van der Waals surface area (Å²) in [5.74, 6) is 0. The van der Waals surface area contributed by atoms with Crippen molar-refractivity contribution in [2.75, 3.05) is 0 Å². The second-order valence-corrected chi connectivity index (χ2v) is 12.5. The van der Waals surface area contributed by atoms with E-state index in [1.807, 2.05) is 34.0 Å². The van der Waals surface area contributed by atoms with E-state index in [1.54, 1.807) is 22.7 Å². The molecule has 0 nitrogen and oxygen atoms in total. The molecule has 0 aliphatic carbocycles. The van der Waals surface area contributed by atoms with E-state index in [2.05, 4.69) is 120 Å². The van der Waals surface area contributed by atoms with Gasteiger partial charge in [0.1, 0.15) is 0 Å². The molecule has 0 saturated carbocycles. The first-order valence-corrected chi connectivity index (χ1v) is 14.6. The van der Waals surface area contributed by atoms with Crippen molar-refractivity contribution in [1.82, 2.24) is 0 Å². The summed E-state index contributed by atoms with van der Waals surface area (Å²) < 4.78 is 0. The molecule has 5 heteroatoms. The minimum absolute atomic E-state index is 1.27. The fraction of sp³-hybridized carbons (Fsp3) is 0. The molecule has 0 amide bonds. The van der Waals surface area contributed by atoms with Gasteiger partial charge in [-0.05, 0) is 108 Å². The lowest BCUT2D eigenvalue weighted by molar-refractivity contribution is 1.90. The van der Waals surface area contributed by atoms with Crippen molar-refractivity contribution in [3.05, 3.63) is 110 Å². The van der Waals surface area contributed by atoms with Crippen LogP contribution in [0.3, 0.4) is 0 Å². The van der Waals surface area contributed by atoms with Crippen LogP contribution in [0.4, 0.5) is 0 Å². The predicted molar refractivity (Wildman–Crippen MR) is 157 cm³/mol. The Hall–Kier alpha value is -2.54. The maximum atomic E-state index is 2.21. The Kier molecular flexibility index (Phi) is 7.46. The van der Waals surface area contributed by atoms with Crippen molar-refractivity contribution in [3.8, 4) is 0 Å². The van der Waals surface area contributed by atoms with Crippen LogP contribution in [0, 0.1) is 0 Å². The third kappa shape index (κ3) is 6.50. The monoisotopic (exact) mass is 516 g/mol. The summed E-state index contributed by atoms with van der Waals surface area (Å²) in [5.41, 5.74) is 0. The van der Waals surface area contributed by atoms with Gasteiger partial charge in [0.2, 0.25) is 0 Å². The van der Waals surface area contributed by atoms with Gasteiger partial charge in [0.15, 0.2) is 0 Å². The van der Waals surface area contributed by atoms with Crippen molar-refractivity contribution in [1.29, 1.82) is 0 Å². The Bertz CT molecular complexity index is 1290. The summed E-state index contributed by atoms with van der Waals surface area (Å²) >= 11 is 8.96. The SMILES string of the molecule is C(=C\c1ccc(/C=C/c2ccc(/C=C/c3ccc(/C=C/c4cccs4)s3)s2)s1)/c1cccs1. The lowest BCUT2D eigenvalue weighted by Crippen LogP contribution is -1.59. The van der Waals surface area contributed by atoms with Gasteiger partial charge in [-0.15, -0.1) is 56.7 Å².